The molecule has 1 saturated heterocycles. The zero-order valence-electron chi connectivity index (χ0n) is 14.7. The lowest BCUT2D eigenvalue weighted by molar-refractivity contribution is -0.143. The van der Waals surface area contributed by atoms with Gasteiger partial charge in [0.25, 0.3) is 0 Å². The van der Waals surface area contributed by atoms with Crippen molar-refractivity contribution in [3.8, 4) is 11.5 Å². The summed E-state index contributed by atoms with van der Waals surface area (Å²) in [5, 5.41) is 0. The number of carbonyl (C=O) groups excluding carboxylic acids is 1. The molecule has 2 rings (SSSR count). The molecule has 0 aliphatic carbocycles. The minimum atomic E-state index is -0.0470. The van der Waals surface area contributed by atoms with Gasteiger partial charge in [0, 0.05) is 20.2 Å². The standard InChI is InChI=1S/C18H27NO4/c1-12-9-16(21-4)17(22-5)10-14(12)11-19(3)18(20)15-7-6-8-23-13(15)2/h9-10,13,15H,6-8,11H2,1-5H3/t13-,15-/m1/s1. The monoisotopic (exact) mass is 321 g/mol. The fourth-order valence-corrected chi connectivity index (χ4v) is 3.06. The molecule has 23 heavy (non-hydrogen) atoms. The Hall–Kier alpha value is -1.75. The highest BCUT2D eigenvalue weighted by molar-refractivity contribution is 5.79. The van der Waals surface area contributed by atoms with Crippen LogP contribution in [-0.2, 0) is 16.1 Å². The van der Waals surface area contributed by atoms with Crippen LogP contribution in [0.15, 0.2) is 12.1 Å². The van der Waals surface area contributed by atoms with Crippen LogP contribution in [0, 0.1) is 12.8 Å². The van der Waals surface area contributed by atoms with Gasteiger partial charge in [-0.15, -0.1) is 0 Å². The molecule has 1 amide bonds. The second-order valence-corrected chi connectivity index (χ2v) is 6.15. The third kappa shape index (κ3) is 3.96. The Labute approximate surface area is 138 Å². The average molecular weight is 321 g/mol. The number of amides is 1. The maximum atomic E-state index is 12.7. The number of methoxy groups -OCH3 is 2. The van der Waals surface area contributed by atoms with E-state index in [1.807, 2.05) is 33.0 Å². The van der Waals surface area contributed by atoms with Gasteiger partial charge < -0.3 is 19.1 Å². The van der Waals surface area contributed by atoms with Crippen LogP contribution in [0.5, 0.6) is 11.5 Å². The molecule has 1 aromatic rings. The van der Waals surface area contributed by atoms with Crippen LogP contribution >= 0.6 is 0 Å². The summed E-state index contributed by atoms with van der Waals surface area (Å²) >= 11 is 0. The number of carbonyl (C=O) groups is 1. The van der Waals surface area contributed by atoms with E-state index in [0.717, 1.165) is 30.6 Å². The first-order valence-corrected chi connectivity index (χ1v) is 8.06. The van der Waals surface area contributed by atoms with Crippen LogP contribution in [0.2, 0.25) is 0 Å². The largest absolute Gasteiger partial charge is 0.493 e. The second kappa shape index (κ2) is 7.68. The van der Waals surface area contributed by atoms with E-state index in [0.29, 0.717) is 18.0 Å². The molecule has 0 radical (unpaired) electrons. The Morgan fingerprint density at radius 1 is 1.30 bits per heavy atom. The molecule has 5 nitrogen and oxygen atoms in total. The fraction of sp³-hybridized carbons (Fsp3) is 0.611. The van der Waals surface area contributed by atoms with E-state index >= 15 is 0 Å². The number of hydrogen-bond acceptors (Lipinski definition) is 4. The van der Waals surface area contributed by atoms with E-state index in [9.17, 15) is 4.79 Å². The van der Waals surface area contributed by atoms with Crippen molar-refractivity contribution in [3.05, 3.63) is 23.3 Å². The van der Waals surface area contributed by atoms with Gasteiger partial charge in [0.1, 0.15) is 0 Å². The third-order valence-corrected chi connectivity index (χ3v) is 4.55. The maximum absolute atomic E-state index is 12.7. The van der Waals surface area contributed by atoms with Crippen LogP contribution < -0.4 is 9.47 Å². The van der Waals surface area contributed by atoms with Crippen molar-refractivity contribution in [2.75, 3.05) is 27.9 Å². The summed E-state index contributed by atoms with van der Waals surface area (Å²) in [6.07, 6.45) is 1.84. The van der Waals surface area contributed by atoms with Gasteiger partial charge in [0.2, 0.25) is 5.91 Å². The minimum Gasteiger partial charge on any atom is -0.493 e. The smallest absolute Gasteiger partial charge is 0.228 e. The lowest BCUT2D eigenvalue weighted by atomic mass is 9.93. The molecule has 1 fully saturated rings. The summed E-state index contributed by atoms with van der Waals surface area (Å²) in [6, 6.07) is 3.89. The molecule has 1 heterocycles. The molecule has 1 aromatic carbocycles. The molecule has 0 spiro atoms. The first-order valence-electron chi connectivity index (χ1n) is 8.06. The first-order chi connectivity index (χ1) is 11.0. The zero-order valence-corrected chi connectivity index (χ0v) is 14.7. The first kappa shape index (κ1) is 17.6. The molecular formula is C18H27NO4. The van der Waals surface area contributed by atoms with Gasteiger partial charge >= 0.3 is 0 Å². The van der Waals surface area contributed by atoms with Crippen molar-refractivity contribution in [1.29, 1.82) is 0 Å². The molecule has 1 aliphatic heterocycles. The Balaban J connectivity index is 2.13. The Morgan fingerprint density at radius 3 is 2.57 bits per heavy atom. The van der Waals surface area contributed by atoms with Gasteiger partial charge in [-0.25, -0.2) is 0 Å². The van der Waals surface area contributed by atoms with Crippen LogP contribution in [0.4, 0.5) is 0 Å². The lowest BCUT2D eigenvalue weighted by Crippen LogP contribution is -2.41. The SMILES string of the molecule is COc1cc(C)c(CN(C)C(=O)[C@@H]2CCCO[C@@H]2C)cc1OC. The molecule has 0 bridgehead atoms. The van der Waals surface area contributed by atoms with Crippen molar-refractivity contribution in [2.45, 2.75) is 39.3 Å². The van der Waals surface area contributed by atoms with Gasteiger partial charge in [0.05, 0.1) is 26.2 Å². The normalized spacial score (nSPS) is 20.9. The second-order valence-electron chi connectivity index (χ2n) is 6.15. The van der Waals surface area contributed by atoms with E-state index in [4.69, 9.17) is 14.2 Å². The summed E-state index contributed by atoms with van der Waals surface area (Å²) in [5.74, 6) is 1.49. The Morgan fingerprint density at radius 2 is 1.96 bits per heavy atom. The number of rotatable bonds is 5. The van der Waals surface area contributed by atoms with Gasteiger partial charge in [-0.3, -0.25) is 4.79 Å². The van der Waals surface area contributed by atoms with Crippen molar-refractivity contribution in [1.82, 2.24) is 4.90 Å². The van der Waals surface area contributed by atoms with E-state index in [1.165, 1.54) is 0 Å². The van der Waals surface area contributed by atoms with E-state index in [2.05, 4.69) is 0 Å². The van der Waals surface area contributed by atoms with Crippen LogP contribution in [0.3, 0.4) is 0 Å². The molecule has 0 saturated carbocycles. The maximum Gasteiger partial charge on any atom is 0.228 e. The molecule has 128 valence electrons. The lowest BCUT2D eigenvalue weighted by Gasteiger charge is -2.31. The Bertz CT molecular complexity index is 558. The average Bonchev–Trinajstić information content (AvgIpc) is 2.55. The summed E-state index contributed by atoms with van der Waals surface area (Å²) in [5.41, 5.74) is 2.14. The van der Waals surface area contributed by atoms with Crippen molar-refractivity contribution in [3.63, 3.8) is 0 Å². The topological polar surface area (TPSA) is 48.0 Å². The molecule has 1 aliphatic rings. The Kier molecular flexibility index (Phi) is 5.88. The van der Waals surface area contributed by atoms with Gasteiger partial charge in [0.15, 0.2) is 11.5 Å². The van der Waals surface area contributed by atoms with Gasteiger partial charge in [-0.2, -0.15) is 0 Å². The quantitative estimate of drug-likeness (QED) is 0.837. The number of benzene rings is 1. The highest BCUT2D eigenvalue weighted by atomic mass is 16.5. The number of ether oxygens (including phenoxy) is 3. The number of aryl methyl sites for hydroxylation is 1. The summed E-state index contributed by atoms with van der Waals surface area (Å²) in [7, 11) is 5.09. The number of hydrogen-bond donors (Lipinski definition) is 0. The fourth-order valence-electron chi connectivity index (χ4n) is 3.06. The van der Waals surface area contributed by atoms with Crippen molar-refractivity contribution in [2.24, 2.45) is 5.92 Å². The van der Waals surface area contributed by atoms with Gasteiger partial charge in [-0.1, -0.05) is 0 Å². The molecular weight excluding hydrogens is 294 g/mol. The van der Waals surface area contributed by atoms with E-state index in [1.54, 1.807) is 19.1 Å². The highest BCUT2D eigenvalue weighted by Crippen LogP contribution is 2.31. The third-order valence-electron chi connectivity index (χ3n) is 4.55. The van der Waals surface area contributed by atoms with Crippen molar-refractivity contribution < 1.29 is 19.0 Å². The minimum absolute atomic E-state index is 0.00907. The highest BCUT2D eigenvalue weighted by Gasteiger charge is 2.30. The van der Waals surface area contributed by atoms with Gasteiger partial charge in [-0.05, 0) is 49.9 Å². The van der Waals surface area contributed by atoms with E-state index in [-0.39, 0.29) is 17.9 Å². The summed E-state index contributed by atoms with van der Waals surface area (Å²) < 4.78 is 16.3. The summed E-state index contributed by atoms with van der Waals surface area (Å²) in [4.78, 5) is 14.5. The summed E-state index contributed by atoms with van der Waals surface area (Å²) in [6.45, 7) is 5.30. The van der Waals surface area contributed by atoms with Crippen LogP contribution in [0.1, 0.15) is 30.9 Å². The molecule has 5 heteroatoms. The van der Waals surface area contributed by atoms with Crippen LogP contribution in [0.25, 0.3) is 0 Å². The van der Waals surface area contributed by atoms with Crippen molar-refractivity contribution >= 4 is 5.91 Å². The predicted octanol–water partition coefficient (Wildman–Crippen LogP) is 2.79. The molecule has 0 unspecified atom stereocenters. The zero-order chi connectivity index (χ0) is 17.0. The predicted molar refractivity (Wildman–Crippen MR) is 88.9 cm³/mol. The molecule has 2 atom stereocenters. The van der Waals surface area contributed by atoms with Crippen LogP contribution in [-0.4, -0.2) is 44.8 Å². The van der Waals surface area contributed by atoms with E-state index < -0.39 is 0 Å². The number of nitrogens with zero attached hydrogens (tertiary/aromatic N) is 1. The molecule has 0 aromatic heterocycles. The molecule has 0 N–H and O–H groups in total.